The normalized spacial score (nSPS) is 14.6. The predicted molar refractivity (Wildman–Crippen MR) is 125 cm³/mol. The fraction of sp³-hybridized carbons (Fsp3) is 0.632. The van der Waals surface area contributed by atoms with E-state index in [2.05, 4.69) is 25.9 Å². The van der Waals surface area contributed by atoms with Crippen molar-refractivity contribution in [3.8, 4) is 0 Å². The van der Waals surface area contributed by atoms with Gasteiger partial charge < -0.3 is 31.8 Å². The van der Waals surface area contributed by atoms with Gasteiger partial charge in [0.2, 0.25) is 17.7 Å². The van der Waals surface area contributed by atoms with Gasteiger partial charge in [-0.15, -0.1) is 0 Å². The summed E-state index contributed by atoms with van der Waals surface area (Å²) in [5, 5.41) is 16.7. The Morgan fingerprint density at radius 2 is 1.62 bits per heavy atom. The number of nitrogens with one attached hydrogen (secondary N) is 4. The molecule has 32 heavy (non-hydrogen) atoms. The summed E-state index contributed by atoms with van der Waals surface area (Å²) in [6.07, 6.45) is 7.62. The van der Waals surface area contributed by atoms with E-state index in [1.54, 1.807) is 11.8 Å². The Balaban J connectivity index is 2.93. The fourth-order valence-electron chi connectivity index (χ4n) is 2.63. The number of aromatic amines is 1. The minimum absolute atomic E-state index is 0.0698. The molecule has 1 aromatic heterocycles. The summed E-state index contributed by atoms with van der Waals surface area (Å²) in [6.45, 7) is 1.33. The molecule has 13 heteroatoms. The molecule has 180 valence electrons. The molecule has 1 heterocycles. The first kappa shape index (κ1) is 27.8. The lowest BCUT2D eigenvalue weighted by molar-refractivity contribution is -0.141. The highest BCUT2D eigenvalue weighted by Crippen LogP contribution is 2.06. The van der Waals surface area contributed by atoms with Crippen LogP contribution in [0.2, 0.25) is 0 Å². The number of imidazole rings is 1. The lowest BCUT2D eigenvalue weighted by Gasteiger charge is -2.24. The van der Waals surface area contributed by atoms with Gasteiger partial charge in [0.25, 0.3) is 0 Å². The number of carboxylic acids is 1. The van der Waals surface area contributed by atoms with Crippen LogP contribution in [0.15, 0.2) is 12.5 Å². The number of H-pyrrole nitrogens is 1. The number of amides is 3. The number of aromatic nitrogens is 2. The van der Waals surface area contributed by atoms with Gasteiger partial charge in [-0.1, -0.05) is 0 Å². The van der Waals surface area contributed by atoms with Gasteiger partial charge in [0, 0.05) is 18.3 Å². The highest BCUT2D eigenvalue weighted by atomic mass is 32.2. The molecule has 11 nitrogen and oxygen atoms in total. The van der Waals surface area contributed by atoms with E-state index >= 15 is 0 Å². The topological polar surface area (TPSA) is 179 Å². The van der Waals surface area contributed by atoms with Crippen LogP contribution in [0, 0.1) is 0 Å². The van der Waals surface area contributed by atoms with E-state index in [1.807, 2.05) is 12.5 Å². The van der Waals surface area contributed by atoms with Gasteiger partial charge in [-0.25, -0.2) is 4.98 Å². The van der Waals surface area contributed by atoms with Crippen molar-refractivity contribution in [2.75, 3.05) is 24.0 Å². The third kappa shape index (κ3) is 9.92. The molecule has 0 aliphatic carbocycles. The minimum Gasteiger partial charge on any atom is -0.480 e. The Hall–Kier alpha value is -2.25. The Morgan fingerprint density at radius 3 is 2.19 bits per heavy atom. The number of aliphatic carboxylic acids is 1. The van der Waals surface area contributed by atoms with Crippen LogP contribution in [0.1, 0.15) is 25.5 Å². The molecule has 0 aromatic carbocycles. The first-order chi connectivity index (χ1) is 15.2. The van der Waals surface area contributed by atoms with E-state index in [-0.39, 0.29) is 6.42 Å². The number of carbonyl (C=O) groups excluding carboxylic acids is 3. The smallest absolute Gasteiger partial charge is 0.325 e. The molecule has 1 rings (SSSR count). The number of nitrogens with two attached hydrogens (primary N) is 1. The van der Waals surface area contributed by atoms with Crippen molar-refractivity contribution < 1.29 is 24.3 Å². The number of hydrogen-bond donors (Lipinski definition) is 6. The van der Waals surface area contributed by atoms with Gasteiger partial charge in [0.05, 0.1) is 12.4 Å². The zero-order valence-electron chi connectivity index (χ0n) is 18.4. The lowest BCUT2D eigenvalue weighted by atomic mass is 10.1. The van der Waals surface area contributed by atoms with Crippen molar-refractivity contribution in [1.29, 1.82) is 0 Å². The van der Waals surface area contributed by atoms with Crippen LogP contribution >= 0.6 is 23.5 Å². The third-order valence-corrected chi connectivity index (χ3v) is 5.84. The zero-order valence-corrected chi connectivity index (χ0v) is 20.1. The molecule has 3 amide bonds. The Bertz CT molecular complexity index is 749. The summed E-state index contributed by atoms with van der Waals surface area (Å²) in [7, 11) is 0. The molecule has 0 bridgehead atoms. The molecule has 1 aromatic rings. The molecule has 0 aliphatic heterocycles. The Labute approximate surface area is 195 Å². The van der Waals surface area contributed by atoms with Gasteiger partial charge in [0.15, 0.2) is 0 Å². The molecule has 0 aliphatic rings. The quantitative estimate of drug-likeness (QED) is 0.187. The van der Waals surface area contributed by atoms with E-state index in [0.717, 1.165) is 0 Å². The van der Waals surface area contributed by atoms with Gasteiger partial charge >= 0.3 is 5.97 Å². The van der Waals surface area contributed by atoms with Crippen LogP contribution in [0.4, 0.5) is 0 Å². The van der Waals surface area contributed by atoms with Crippen LogP contribution in [0.25, 0.3) is 0 Å². The number of hydrogen-bond acceptors (Lipinski definition) is 8. The maximum atomic E-state index is 13.0. The zero-order chi connectivity index (χ0) is 24.1. The first-order valence-electron chi connectivity index (χ1n) is 10.0. The third-order valence-electron chi connectivity index (χ3n) is 4.55. The molecule has 4 atom stereocenters. The van der Waals surface area contributed by atoms with Crippen molar-refractivity contribution in [3.05, 3.63) is 18.2 Å². The molecular formula is C19H32N6O5S2. The number of carbonyl (C=O) groups is 4. The van der Waals surface area contributed by atoms with E-state index in [4.69, 9.17) is 10.8 Å². The van der Waals surface area contributed by atoms with E-state index in [9.17, 15) is 19.2 Å². The fourth-order valence-corrected chi connectivity index (χ4v) is 3.59. The molecule has 0 saturated carbocycles. The van der Waals surface area contributed by atoms with Crippen molar-refractivity contribution in [2.24, 2.45) is 5.73 Å². The Morgan fingerprint density at radius 1 is 1.03 bits per heavy atom. The SMILES string of the molecule is CSCCC(N)C(=O)NC(CCSC)C(=O)NC(Cc1cnc[nH]1)C(=O)NC(C)C(=O)O. The molecule has 0 fully saturated rings. The van der Waals surface area contributed by atoms with Crippen molar-refractivity contribution in [1.82, 2.24) is 25.9 Å². The Kier molecular flexibility index (Phi) is 12.8. The minimum atomic E-state index is -1.20. The van der Waals surface area contributed by atoms with Gasteiger partial charge in [0.1, 0.15) is 18.1 Å². The second-order valence-corrected chi connectivity index (χ2v) is 9.11. The van der Waals surface area contributed by atoms with Crippen LogP contribution in [0.5, 0.6) is 0 Å². The molecule has 0 saturated heterocycles. The molecule has 0 spiro atoms. The maximum absolute atomic E-state index is 13.0. The number of thioether (sulfide) groups is 2. The molecule has 4 unspecified atom stereocenters. The molecular weight excluding hydrogens is 456 g/mol. The highest BCUT2D eigenvalue weighted by molar-refractivity contribution is 7.98. The van der Waals surface area contributed by atoms with Gasteiger partial charge in [-0.2, -0.15) is 23.5 Å². The second kappa shape index (κ2) is 14.7. The summed E-state index contributed by atoms with van der Waals surface area (Å²) in [4.78, 5) is 55.9. The van der Waals surface area contributed by atoms with Gasteiger partial charge in [-0.3, -0.25) is 19.2 Å². The summed E-state index contributed by atoms with van der Waals surface area (Å²) >= 11 is 3.08. The van der Waals surface area contributed by atoms with Crippen LogP contribution < -0.4 is 21.7 Å². The van der Waals surface area contributed by atoms with Crippen LogP contribution in [-0.2, 0) is 25.6 Å². The molecule has 7 N–H and O–H groups in total. The average Bonchev–Trinajstić information content (AvgIpc) is 3.26. The van der Waals surface area contributed by atoms with E-state index < -0.39 is 47.9 Å². The van der Waals surface area contributed by atoms with Gasteiger partial charge in [-0.05, 0) is 43.8 Å². The summed E-state index contributed by atoms with van der Waals surface area (Å²) < 4.78 is 0. The highest BCUT2D eigenvalue weighted by Gasteiger charge is 2.29. The van der Waals surface area contributed by atoms with Crippen molar-refractivity contribution in [3.63, 3.8) is 0 Å². The monoisotopic (exact) mass is 488 g/mol. The predicted octanol–water partition coefficient (Wildman–Crippen LogP) is -0.655. The first-order valence-corrected chi connectivity index (χ1v) is 12.8. The maximum Gasteiger partial charge on any atom is 0.325 e. The van der Waals surface area contributed by atoms with Crippen LogP contribution in [-0.4, -0.2) is 86.9 Å². The van der Waals surface area contributed by atoms with Crippen molar-refractivity contribution >= 4 is 47.2 Å². The lowest BCUT2D eigenvalue weighted by Crippen LogP contribution is -2.57. The standard InChI is InChI=1S/C19H32N6O5S2/c1-11(19(29)30)23-18(28)15(8-12-9-21-10-22-12)25-17(27)14(5-7-32-3)24-16(26)13(20)4-6-31-2/h9-11,13-15H,4-8,20H2,1-3H3,(H,21,22)(H,23,28)(H,24,26)(H,25,27)(H,29,30). The summed E-state index contributed by atoms with van der Waals surface area (Å²) in [5.41, 5.74) is 6.49. The summed E-state index contributed by atoms with van der Waals surface area (Å²) in [6, 6.07) is -3.83. The van der Waals surface area contributed by atoms with E-state index in [1.165, 1.54) is 31.2 Å². The largest absolute Gasteiger partial charge is 0.480 e. The van der Waals surface area contributed by atoms with Crippen molar-refractivity contribution in [2.45, 2.75) is 50.4 Å². The second-order valence-electron chi connectivity index (χ2n) is 7.14. The number of rotatable bonds is 15. The van der Waals surface area contributed by atoms with Crippen LogP contribution in [0.3, 0.4) is 0 Å². The summed E-state index contributed by atoms with van der Waals surface area (Å²) in [5.74, 6) is -1.53. The number of carboxylic acid groups (broad SMARTS) is 1. The average molecular weight is 489 g/mol. The molecule has 0 radical (unpaired) electrons. The van der Waals surface area contributed by atoms with E-state index in [0.29, 0.717) is 30.0 Å². The number of nitrogens with zero attached hydrogens (tertiary/aromatic N) is 1.